The number of H-pyrrole nitrogens is 1. The van der Waals surface area contributed by atoms with Gasteiger partial charge in [0.05, 0.1) is 11.3 Å². The summed E-state index contributed by atoms with van der Waals surface area (Å²) in [5, 5.41) is 10.0. The summed E-state index contributed by atoms with van der Waals surface area (Å²) in [7, 11) is 0. The Kier molecular flexibility index (Phi) is 3.29. The highest BCUT2D eigenvalue weighted by Crippen LogP contribution is 2.22. The molecule has 2 aromatic rings. The second-order valence-electron chi connectivity index (χ2n) is 5.25. The van der Waals surface area contributed by atoms with Crippen molar-refractivity contribution in [3.05, 3.63) is 50.7 Å². The van der Waals surface area contributed by atoms with Gasteiger partial charge in [-0.2, -0.15) is 0 Å². The van der Waals surface area contributed by atoms with Crippen molar-refractivity contribution in [2.75, 3.05) is 18.0 Å². The van der Waals surface area contributed by atoms with E-state index in [1.54, 1.807) is 12.1 Å². The van der Waals surface area contributed by atoms with Crippen LogP contribution in [-0.2, 0) is 0 Å². The average molecular weight is 287 g/mol. The number of aromatic nitrogens is 2. The summed E-state index contributed by atoms with van der Waals surface area (Å²) in [5.74, 6) is -0.322. The van der Waals surface area contributed by atoms with Gasteiger partial charge in [0, 0.05) is 18.8 Å². The highest BCUT2D eigenvalue weighted by molar-refractivity contribution is 5.52. The Balaban J connectivity index is 2.03. The van der Waals surface area contributed by atoms with Crippen molar-refractivity contribution in [3.8, 4) is 11.6 Å². The summed E-state index contributed by atoms with van der Waals surface area (Å²) >= 11 is 0. The molecule has 3 rings (SSSR count). The summed E-state index contributed by atoms with van der Waals surface area (Å²) in [6.07, 6.45) is 2.39. The molecule has 2 heterocycles. The van der Waals surface area contributed by atoms with E-state index >= 15 is 0 Å². The molecule has 0 saturated carbocycles. The van der Waals surface area contributed by atoms with Gasteiger partial charge < -0.3 is 10.0 Å². The molecule has 21 heavy (non-hydrogen) atoms. The lowest BCUT2D eigenvalue weighted by molar-refractivity contribution is 0.426. The van der Waals surface area contributed by atoms with Gasteiger partial charge >= 0.3 is 5.69 Å². The Morgan fingerprint density at radius 3 is 2.24 bits per heavy atom. The van der Waals surface area contributed by atoms with E-state index in [0.717, 1.165) is 23.3 Å². The van der Waals surface area contributed by atoms with Crippen LogP contribution in [0.4, 0.5) is 5.69 Å². The van der Waals surface area contributed by atoms with Crippen molar-refractivity contribution in [1.82, 2.24) is 9.55 Å². The first-order chi connectivity index (χ1) is 10.1. The van der Waals surface area contributed by atoms with Gasteiger partial charge in [0.1, 0.15) is 0 Å². The van der Waals surface area contributed by atoms with Crippen molar-refractivity contribution >= 4 is 5.69 Å². The molecule has 1 fully saturated rings. The second-order valence-corrected chi connectivity index (χ2v) is 5.25. The zero-order valence-electron chi connectivity index (χ0n) is 11.8. The van der Waals surface area contributed by atoms with E-state index in [0.29, 0.717) is 5.69 Å². The highest BCUT2D eigenvalue weighted by Gasteiger charge is 2.14. The van der Waals surface area contributed by atoms with Crippen molar-refractivity contribution in [2.24, 2.45) is 0 Å². The van der Waals surface area contributed by atoms with E-state index in [1.165, 1.54) is 19.8 Å². The summed E-state index contributed by atoms with van der Waals surface area (Å²) in [6, 6.07) is 7.39. The van der Waals surface area contributed by atoms with Gasteiger partial charge in [-0.3, -0.25) is 9.78 Å². The Morgan fingerprint density at radius 1 is 1.05 bits per heavy atom. The number of hydrogen-bond donors (Lipinski definition) is 2. The lowest BCUT2D eigenvalue weighted by Gasteiger charge is -2.18. The molecule has 1 aliphatic rings. The molecule has 0 radical (unpaired) electrons. The van der Waals surface area contributed by atoms with Crippen LogP contribution in [0.5, 0.6) is 5.88 Å². The van der Waals surface area contributed by atoms with Gasteiger partial charge in [0.2, 0.25) is 5.88 Å². The third-order valence-corrected chi connectivity index (χ3v) is 3.89. The summed E-state index contributed by atoms with van der Waals surface area (Å²) in [5.41, 5.74) is 0.544. The van der Waals surface area contributed by atoms with Gasteiger partial charge in [0.15, 0.2) is 0 Å². The molecular formula is C15H17N3O3. The third-order valence-electron chi connectivity index (χ3n) is 3.89. The molecule has 1 saturated heterocycles. The van der Waals surface area contributed by atoms with Crippen LogP contribution in [-0.4, -0.2) is 27.7 Å². The molecule has 0 unspecified atom stereocenters. The minimum atomic E-state index is -0.642. The van der Waals surface area contributed by atoms with E-state index < -0.39 is 11.2 Å². The van der Waals surface area contributed by atoms with E-state index in [4.69, 9.17) is 0 Å². The number of hydrogen-bond acceptors (Lipinski definition) is 4. The zero-order chi connectivity index (χ0) is 15.0. The van der Waals surface area contributed by atoms with E-state index in [2.05, 4.69) is 9.88 Å². The smallest absolute Gasteiger partial charge is 0.335 e. The molecule has 2 N–H and O–H groups in total. The predicted octanol–water partition coefficient (Wildman–Crippen LogP) is 1.14. The summed E-state index contributed by atoms with van der Waals surface area (Å²) < 4.78 is 1.10. The summed E-state index contributed by atoms with van der Waals surface area (Å²) in [4.78, 5) is 27.8. The second kappa shape index (κ2) is 5.12. The maximum atomic E-state index is 11.9. The molecule has 0 amide bonds. The monoisotopic (exact) mass is 287 g/mol. The average Bonchev–Trinajstić information content (AvgIpc) is 3.00. The Morgan fingerprint density at radius 2 is 1.62 bits per heavy atom. The SMILES string of the molecule is Cc1c(O)n(-c2ccc(N3CCCC3)cc2)c(=O)[nH]c1=O. The van der Waals surface area contributed by atoms with E-state index in [-0.39, 0.29) is 11.4 Å². The topological polar surface area (TPSA) is 78.3 Å². The molecule has 0 aliphatic carbocycles. The van der Waals surface area contributed by atoms with E-state index in [9.17, 15) is 14.7 Å². The molecule has 6 nitrogen and oxygen atoms in total. The van der Waals surface area contributed by atoms with Crippen molar-refractivity contribution in [3.63, 3.8) is 0 Å². The molecule has 0 bridgehead atoms. The van der Waals surface area contributed by atoms with Crippen LogP contribution in [0, 0.1) is 6.92 Å². The number of nitrogens with one attached hydrogen (secondary N) is 1. The molecule has 110 valence electrons. The number of rotatable bonds is 2. The normalized spacial score (nSPS) is 14.6. The number of aromatic hydroxyl groups is 1. The van der Waals surface area contributed by atoms with Gasteiger partial charge in [-0.15, -0.1) is 0 Å². The first-order valence-corrected chi connectivity index (χ1v) is 6.98. The molecule has 6 heteroatoms. The van der Waals surface area contributed by atoms with Crippen LogP contribution in [0.3, 0.4) is 0 Å². The molecule has 1 aromatic heterocycles. The molecule has 0 spiro atoms. The highest BCUT2D eigenvalue weighted by atomic mass is 16.3. The van der Waals surface area contributed by atoms with Crippen molar-refractivity contribution in [2.45, 2.75) is 19.8 Å². The lowest BCUT2D eigenvalue weighted by atomic mass is 10.2. The Bertz CT molecular complexity index is 768. The van der Waals surface area contributed by atoms with Crippen LogP contribution in [0.2, 0.25) is 0 Å². The van der Waals surface area contributed by atoms with Gasteiger partial charge in [-0.25, -0.2) is 9.36 Å². The predicted molar refractivity (Wildman–Crippen MR) is 80.5 cm³/mol. The van der Waals surface area contributed by atoms with Crippen molar-refractivity contribution in [1.29, 1.82) is 0 Å². The van der Waals surface area contributed by atoms with Crippen LogP contribution in [0.25, 0.3) is 5.69 Å². The van der Waals surface area contributed by atoms with Crippen LogP contribution < -0.4 is 16.1 Å². The number of nitrogens with zero attached hydrogens (tertiary/aromatic N) is 2. The number of benzene rings is 1. The first-order valence-electron chi connectivity index (χ1n) is 6.98. The Labute approximate surface area is 121 Å². The van der Waals surface area contributed by atoms with Crippen LogP contribution in [0.15, 0.2) is 33.9 Å². The molecule has 1 aromatic carbocycles. The summed E-state index contributed by atoms with van der Waals surface area (Å²) in [6.45, 7) is 3.56. The Hall–Kier alpha value is -2.50. The van der Waals surface area contributed by atoms with Crippen molar-refractivity contribution < 1.29 is 5.11 Å². The van der Waals surface area contributed by atoms with Gasteiger partial charge in [0.25, 0.3) is 5.56 Å². The minimum absolute atomic E-state index is 0.123. The first kappa shape index (κ1) is 13.5. The lowest BCUT2D eigenvalue weighted by Crippen LogP contribution is -2.30. The zero-order valence-corrected chi connectivity index (χ0v) is 11.8. The van der Waals surface area contributed by atoms with Gasteiger partial charge in [-0.05, 0) is 44.0 Å². The quantitative estimate of drug-likeness (QED) is 0.868. The fraction of sp³-hybridized carbons (Fsp3) is 0.333. The largest absolute Gasteiger partial charge is 0.494 e. The van der Waals surface area contributed by atoms with Crippen LogP contribution >= 0.6 is 0 Å². The standard InChI is InChI=1S/C15H17N3O3/c1-10-13(19)16-15(21)18(14(10)20)12-6-4-11(5-7-12)17-8-2-3-9-17/h4-7,20H,2-3,8-9H2,1H3,(H,16,19,21). The molecule has 0 atom stereocenters. The molecule has 1 aliphatic heterocycles. The van der Waals surface area contributed by atoms with Gasteiger partial charge in [-0.1, -0.05) is 0 Å². The minimum Gasteiger partial charge on any atom is -0.494 e. The maximum absolute atomic E-state index is 11.9. The molecular weight excluding hydrogens is 270 g/mol. The third kappa shape index (κ3) is 2.33. The number of aromatic amines is 1. The van der Waals surface area contributed by atoms with E-state index in [1.807, 2.05) is 12.1 Å². The fourth-order valence-electron chi connectivity index (χ4n) is 2.64. The number of anilines is 1. The van der Waals surface area contributed by atoms with Crippen LogP contribution in [0.1, 0.15) is 18.4 Å². The fourth-order valence-corrected chi connectivity index (χ4v) is 2.64. The maximum Gasteiger partial charge on any atom is 0.335 e.